The van der Waals surface area contributed by atoms with Crippen molar-refractivity contribution in [1.29, 1.82) is 0 Å². The fraction of sp³-hybridized carbons (Fsp3) is 0.423. The first-order valence-corrected chi connectivity index (χ1v) is 11.3. The van der Waals surface area contributed by atoms with Crippen LogP contribution in [-0.2, 0) is 11.2 Å². The van der Waals surface area contributed by atoms with Crippen molar-refractivity contribution < 1.29 is 4.74 Å². The highest BCUT2D eigenvalue weighted by Gasteiger charge is 2.23. The largest absolute Gasteiger partial charge is 0.477 e. The van der Waals surface area contributed by atoms with Crippen LogP contribution in [0.4, 0.5) is 11.5 Å². The molecule has 5 nitrogen and oxygen atoms in total. The normalized spacial score (nSPS) is 16.6. The molecule has 3 heterocycles. The Balaban J connectivity index is 1.41. The molecule has 0 radical (unpaired) electrons. The molecule has 0 bridgehead atoms. The van der Waals surface area contributed by atoms with Crippen molar-refractivity contribution >= 4 is 17.2 Å². The number of aromatic nitrogens is 1. The van der Waals surface area contributed by atoms with Gasteiger partial charge in [-0.25, -0.2) is 4.98 Å². The minimum atomic E-state index is 0.701. The van der Waals surface area contributed by atoms with Crippen LogP contribution in [0.1, 0.15) is 35.6 Å². The summed E-state index contributed by atoms with van der Waals surface area (Å²) in [4.78, 5) is 11.7. The fourth-order valence-electron chi connectivity index (χ4n) is 4.61. The molecule has 1 aromatic carbocycles. The Morgan fingerprint density at radius 2 is 1.84 bits per heavy atom. The van der Waals surface area contributed by atoms with Crippen LogP contribution in [0, 0.1) is 13.8 Å². The number of hydrogen-bond acceptors (Lipinski definition) is 5. The third-order valence-electron chi connectivity index (χ3n) is 6.32. The summed E-state index contributed by atoms with van der Waals surface area (Å²) in [6, 6.07) is 8.84. The minimum Gasteiger partial charge on any atom is -0.477 e. The van der Waals surface area contributed by atoms with Crippen molar-refractivity contribution in [3.05, 3.63) is 71.8 Å². The van der Waals surface area contributed by atoms with Crippen LogP contribution in [0.5, 0.6) is 0 Å². The molecule has 0 aliphatic carbocycles. The summed E-state index contributed by atoms with van der Waals surface area (Å²) >= 11 is 0. The smallest absolute Gasteiger partial charge is 0.186 e. The average Bonchev–Trinajstić information content (AvgIpc) is 3.20. The van der Waals surface area contributed by atoms with E-state index in [1.165, 1.54) is 22.3 Å². The molecule has 0 saturated carbocycles. The zero-order valence-corrected chi connectivity index (χ0v) is 19.2. The maximum atomic E-state index is 5.50. The molecular formula is C26H34N4O. The first kappa shape index (κ1) is 21.3. The maximum Gasteiger partial charge on any atom is 0.186 e. The van der Waals surface area contributed by atoms with Crippen molar-refractivity contribution in [2.45, 2.75) is 33.6 Å². The van der Waals surface area contributed by atoms with Gasteiger partial charge in [0.1, 0.15) is 12.4 Å². The first-order chi connectivity index (χ1) is 15.0. The number of anilines is 2. The summed E-state index contributed by atoms with van der Waals surface area (Å²) in [7, 11) is 0. The number of rotatable bonds is 6. The summed E-state index contributed by atoms with van der Waals surface area (Å²) in [5, 5.41) is 0. The Hall–Kier alpha value is -2.95. The molecule has 2 saturated heterocycles. The molecule has 0 spiro atoms. The summed E-state index contributed by atoms with van der Waals surface area (Å²) in [6.45, 7) is 20.4. The van der Waals surface area contributed by atoms with Crippen LogP contribution in [0.25, 0.3) is 5.70 Å². The maximum absolute atomic E-state index is 5.50. The molecule has 2 aliphatic heterocycles. The molecule has 164 valence electrons. The molecule has 5 heteroatoms. The highest BCUT2D eigenvalue weighted by atomic mass is 16.5. The quantitative estimate of drug-likeness (QED) is 0.676. The second-order valence-electron chi connectivity index (χ2n) is 8.55. The topological polar surface area (TPSA) is 31.8 Å². The minimum absolute atomic E-state index is 0.701. The van der Waals surface area contributed by atoms with E-state index < -0.39 is 0 Å². The Bertz CT molecular complexity index is 975. The van der Waals surface area contributed by atoms with Crippen LogP contribution in [-0.4, -0.2) is 49.2 Å². The van der Waals surface area contributed by atoms with Crippen LogP contribution >= 0.6 is 0 Å². The van der Waals surface area contributed by atoms with Crippen LogP contribution < -0.4 is 9.80 Å². The third kappa shape index (κ3) is 4.41. The standard InChI is InChI=1S/C26H34N4O/c1-6-7-23-16-20(3)26(27-18-23)29-12-10-28(11-13-29)21(4)25-9-8-24(17-19(25)2)30-14-15-31-22(30)5/h8-9,16-18H,4-7,10-15H2,1-3H3. The van der Waals surface area contributed by atoms with Crippen LogP contribution in [0.15, 0.2) is 49.5 Å². The van der Waals surface area contributed by atoms with Gasteiger partial charge in [0.15, 0.2) is 5.88 Å². The molecule has 31 heavy (non-hydrogen) atoms. The second-order valence-corrected chi connectivity index (χ2v) is 8.55. The number of benzene rings is 1. The van der Waals surface area contributed by atoms with E-state index in [2.05, 4.69) is 72.9 Å². The van der Waals surface area contributed by atoms with E-state index in [0.29, 0.717) is 6.61 Å². The van der Waals surface area contributed by atoms with Gasteiger partial charge < -0.3 is 19.4 Å². The van der Waals surface area contributed by atoms with Crippen molar-refractivity contribution in [3.8, 4) is 0 Å². The fourth-order valence-corrected chi connectivity index (χ4v) is 4.61. The number of aryl methyl sites for hydroxylation is 3. The van der Waals surface area contributed by atoms with Gasteiger partial charge in [0.2, 0.25) is 0 Å². The lowest BCUT2D eigenvalue weighted by atomic mass is 10.0. The molecule has 1 aromatic heterocycles. The van der Waals surface area contributed by atoms with E-state index >= 15 is 0 Å². The molecular weight excluding hydrogens is 384 g/mol. The predicted molar refractivity (Wildman–Crippen MR) is 129 cm³/mol. The molecule has 0 N–H and O–H groups in total. The lowest BCUT2D eigenvalue weighted by Gasteiger charge is -2.38. The van der Waals surface area contributed by atoms with Gasteiger partial charge in [0, 0.05) is 49.3 Å². The van der Waals surface area contributed by atoms with E-state index in [1.54, 1.807) is 0 Å². The summed E-state index contributed by atoms with van der Waals surface area (Å²) in [5.74, 6) is 1.85. The lowest BCUT2D eigenvalue weighted by Crippen LogP contribution is -2.46. The van der Waals surface area contributed by atoms with E-state index in [9.17, 15) is 0 Å². The predicted octanol–water partition coefficient (Wildman–Crippen LogP) is 4.75. The SMILES string of the molecule is C=C(c1ccc(N2CCOC2=C)cc1C)N1CCN(c2ncc(CCC)cc2C)CC1. The van der Waals surface area contributed by atoms with Gasteiger partial charge in [-0.15, -0.1) is 0 Å². The molecule has 0 unspecified atom stereocenters. The number of ether oxygens (including phenoxy) is 1. The third-order valence-corrected chi connectivity index (χ3v) is 6.32. The van der Waals surface area contributed by atoms with Gasteiger partial charge in [-0.05, 0) is 55.7 Å². The molecule has 0 amide bonds. The monoisotopic (exact) mass is 418 g/mol. The highest BCUT2D eigenvalue weighted by molar-refractivity contribution is 5.69. The van der Waals surface area contributed by atoms with Crippen LogP contribution in [0.2, 0.25) is 0 Å². The van der Waals surface area contributed by atoms with E-state index in [-0.39, 0.29) is 0 Å². The van der Waals surface area contributed by atoms with Crippen molar-refractivity contribution in [2.24, 2.45) is 0 Å². The number of pyridine rings is 1. The van der Waals surface area contributed by atoms with Gasteiger partial charge in [-0.1, -0.05) is 32.1 Å². The van der Waals surface area contributed by atoms with Crippen molar-refractivity contribution in [3.63, 3.8) is 0 Å². The van der Waals surface area contributed by atoms with Crippen molar-refractivity contribution in [1.82, 2.24) is 9.88 Å². The van der Waals surface area contributed by atoms with E-state index in [4.69, 9.17) is 9.72 Å². The Morgan fingerprint density at radius 1 is 1.06 bits per heavy atom. The zero-order valence-electron chi connectivity index (χ0n) is 19.2. The van der Waals surface area contributed by atoms with Gasteiger partial charge in [-0.2, -0.15) is 0 Å². The summed E-state index contributed by atoms with van der Waals surface area (Å²) in [6.07, 6.45) is 4.29. The molecule has 4 rings (SSSR count). The second kappa shape index (κ2) is 9.04. The summed E-state index contributed by atoms with van der Waals surface area (Å²) < 4.78 is 5.50. The van der Waals surface area contributed by atoms with Crippen LogP contribution in [0.3, 0.4) is 0 Å². The first-order valence-electron chi connectivity index (χ1n) is 11.3. The number of piperazine rings is 1. The lowest BCUT2D eigenvalue weighted by molar-refractivity contribution is 0.270. The van der Waals surface area contributed by atoms with Gasteiger partial charge in [0.05, 0.1) is 6.54 Å². The van der Waals surface area contributed by atoms with Gasteiger partial charge in [0.25, 0.3) is 0 Å². The molecule has 2 aromatic rings. The molecule has 2 fully saturated rings. The van der Waals surface area contributed by atoms with Gasteiger partial charge in [-0.3, -0.25) is 0 Å². The van der Waals surface area contributed by atoms with E-state index in [0.717, 1.165) is 68.7 Å². The molecule has 2 aliphatic rings. The summed E-state index contributed by atoms with van der Waals surface area (Å²) in [5.41, 5.74) is 7.28. The Labute approximate surface area is 186 Å². The number of nitrogens with zero attached hydrogens (tertiary/aromatic N) is 4. The average molecular weight is 419 g/mol. The Morgan fingerprint density at radius 3 is 2.45 bits per heavy atom. The Kier molecular flexibility index (Phi) is 6.21. The van der Waals surface area contributed by atoms with Gasteiger partial charge >= 0.3 is 0 Å². The zero-order chi connectivity index (χ0) is 22.0. The highest BCUT2D eigenvalue weighted by Crippen LogP contribution is 2.30. The molecule has 0 atom stereocenters. The van der Waals surface area contributed by atoms with E-state index in [1.807, 2.05) is 6.20 Å². The van der Waals surface area contributed by atoms with Crippen molar-refractivity contribution in [2.75, 3.05) is 49.1 Å². The number of hydrogen-bond donors (Lipinski definition) is 0.